The Morgan fingerprint density at radius 3 is 2.50 bits per heavy atom. The van der Waals surface area contributed by atoms with Gasteiger partial charge in [0.2, 0.25) is 5.91 Å². The number of benzene rings is 1. The van der Waals surface area contributed by atoms with Crippen LogP contribution < -0.4 is 10.5 Å². The first-order chi connectivity index (χ1) is 6.74. The second-order valence-corrected chi connectivity index (χ2v) is 2.59. The maximum atomic E-state index is 10.7. The lowest BCUT2D eigenvalue weighted by atomic mass is 10.2. The minimum absolute atomic E-state index is 0.109. The first kappa shape index (κ1) is 10.2. The van der Waals surface area contributed by atoms with E-state index in [9.17, 15) is 9.70 Å². The molecule has 5 nitrogen and oxygen atoms in total. The standard InChI is InChI=1S/C9H10N2O3/c10-9(12)7-1-3-8(4-2-7)14-6-5-11-13/h1-4H,5-6H2,(H2,10,12). The third-order valence-electron chi connectivity index (χ3n) is 1.59. The zero-order chi connectivity index (χ0) is 10.4. The Kier molecular flexibility index (Phi) is 3.60. The van der Waals surface area contributed by atoms with E-state index in [4.69, 9.17) is 10.5 Å². The van der Waals surface area contributed by atoms with Crippen LogP contribution in [0.25, 0.3) is 0 Å². The van der Waals surface area contributed by atoms with Crippen LogP contribution in [0.3, 0.4) is 0 Å². The summed E-state index contributed by atoms with van der Waals surface area (Å²) >= 11 is 0. The number of nitrogens with two attached hydrogens (primary N) is 1. The van der Waals surface area contributed by atoms with Crippen molar-refractivity contribution in [2.75, 3.05) is 13.2 Å². The average molecular weight is 194 g/mol. The largest absolute Gasteiger partial charge is 0.492 e. The molecule has 0 aliphatic rings. The average Bonchev–Trinajstić information content (AvgIpc) is 2.19. The second-order valence-electron chi connectivity index (χ2n) is 2.59. The monoisotopic (exact) mass is 194 g/mol. The lowest BCUT2D eigenvalue weighted by molar-refractivity contribution is 0.100. The van der Waals surface area contributed by atoms with Gasteiger partial charge in [-0.1, -0.05) is 5.18 Å². The lowest BCUT2D eigenvalue weighted by Gasteiger charge is -2.03. The van der Waals surface area contributed by atoms with Crippen LogP contribution in [0.5, 0.6) is 5.75 Å². The van der Waals surface area contributed by atoms with Crippen LogP contribution in [0.4, 0.5) is 0 Å². The summed E-state index contributed by atoms with van der Waals surface area (Å²) < 4.78 is 5.14. The summed E-state index contributed by atoms with van der Waals surface area (Å²) in [5.41, 5.74) is 5.47. The normalized spacial score (nSPS) is 9.43. The molecule has 74 valence electrons. The number of hydrogen-bond donors (Lipinski definition) is 1. The fraction of sp³-hybridized carbons (Fsp3) is 0.222. The van der Waals surface area contributed by atoms with E-state index in [1.165, 1.54) is 0 Å². The van der Waals surface area contributed by atoms with Gasteiger partial charge in [0.1, 0.15) is 18.9 Å². The van der Waals surface area contributed by atoms with E-state index < -0.39 is 5.91 Å². The molecule has 0 spiro atoms. The molecule has 1 amide bonds. The maximum absolute atomic E-state index is 10.7. The Hall–Kier alpha value is -1.91. The zero-order valence-electron chi connectivity index (χ0n) is 7.47. The number of ether oxygens (including phenoxy) is 1. The van der Waals surface area contributed by atoms with E-state index >= 15 is 0 Å². The minimum Gasteiger partial charge on any atom is -0.492 e. The van der Waals surface area contributed by atoms with Crippen LogP contribution in [-0.4, -0.2) is 19.1 Å². The van der Waals surface area contributed by atoms with Crippen molar-refractivity contribution >= 4 is 5.91 Å². The molecule has 5 heteroatoms. The zero-order valence-corrected chi connectivity index (χ0v) is 7.47. The van der Waals surface area contributed by atoms with E-state index in [0.717, 1.165) is 0 Å². The van der Waals surface area contributed by atoms with Gasteiger partial charge in [0.05, 0.1) is 0 Å². The molecular formula is C9H10N2O3. The van der Waals surface area contributed by atoms with Crippen molar-refractivity contribution in [3.05, 3.63) is 34.7 Å². The van der Waals surface area contributed by atoms with Crippen molar-refractivity contribution in [1.82, 2.24) is 0 Å². The summed E-state index contributed by atoms with van der Waals surface area (Å²) in [5.74, 6) is 0.102. The fourth-order valence-corrected chi connectivity index (χ4v) is 0.916. The number of carbonyl (C=O) groups excluding carboxylic acids is 1. The molecule has 0 saturated carbocycles. The Labute approximate surface area is 80.8 Å². The fourth-order valence-electron chi connectivity index (χ4n) is 0.916. The minimum atomic E-state index is -0.480. The molecule has 0 unspecified atom stereocenters. The summed E-state index contributed by atoms with van der Waals surface area (Å²) in [6, 6.07) is 6.35. The predicted octanol–water partition coefficient (Wildman–Crippen LogP) is 0.931. The summed E-state index contributed by atoms with van der Waals surface area (Å²) in [5, 5.41) is 2.65. The molecule has 14 heavy (non-hydrogen) atoms. The molecule has 0 saturated heterocycles. The highest BCUT2D eigenvalue weighted by molar-refractivity contribution is 5.92. The highest BCUT2D eigenvalue weighted by Crippen LogP contribution is 2.11. The van der Waals surface area contributed by atoms with Crippen molar-refractivity contribution in [2.24, 2.45) is 10.9 Å². The molecular weight excluding hydrogens is 184 g/mol. The maximum Gasteiger partial charge on any atom is 0.248 e. The number of rotatable bonds is 5. The van der Waals surface area contributed by atoms with Crippen LogP contribution >= 0.6 is 0 Å². The van der Waals surface area contributed by atoms with Gasteiger partial charge in [0, 0.05) is 5.56 Å². The smallest absolute Gasteiger partial charge is 0.248 e. The van der Waals surface area contributed by atoms with E-state index in [1.54, 1.807) is 24.3 Å². The van der Waals surface area contributed by atoms with Gasteiger partial charge in [-0.2, -0.15) is 4.91 Å². The van der Waals surface area contributed by atoms with Crippen molar-refractivity contribution in [2.45, 2.75) is 0 Å². The number of nitroso groups, excluding NO2 is 1. The quantitative estimate of drug-likeness (QED) is 0.559. The molecule has 1 aromatic carbocycles. The highest BCUT2D eigenvalue weighted by atomic mass is 16.5. The van der Waals surface area contributed by atoms with Gasteiger partial charge >= 0.3 is 0 Å². The van der Waals surface area contributed by atoms with E-state index in [2.05, 4.69) is 5.18 Å². The number of hydrogen-bond acceptors (Lipinski definition) is 4. The molecule has 2 N–H and O–H groups in total. The summed E-state index contributed by atoms with van der Waals surface area (Å²) in [6.07, 6.45) is 0. The van der Waals surface area contributed by atoms with Crippen LogP contribution in [0, 0.1) is 4.91 Å². The van der Waals surface area contributed by atoms with Gasteiger partial charge in [-0.05, 0) is 24.3 Å². The van der Waals surface area contributed by atoms with Crippen molar-refractivity contribution in [1.29, 1.82) is 0 Å². The lowest BCUT2D eigenvalue weighted by Crippen LogP contribution is -2.10. The van der Waals surface area contributed by atoms with Gasteiger partial charge in [-0.15, -0.1) is 0 Å². The van der Waals surface area contributed by atoms with Gasteiger partial charge in [0.25, 0.3) is 0 Å². The van der Waals surface area contributed by atoms with Crippen LogP contribution in [0.2, 0.25) is 0 Å². The second kappa shape index (κ2) is 4.96. The third-order valence-corrected chi connectivity index (χ3v) is 1.59. The van der Waals surface area contributed by atoms with Gasteiger partial charge in [-0.25, -0.2) is 0 Å². The molecule has 0 bridgehead atoms. The van der Waals surface area contributed by atoms with Gasteiger partial charge < -0.3 is 10.5 Å². The predicted molar refractivity (Wildman–Crippen MR) is 51.1 cm³/mol. The summed E-state index contributed by atoms with van der Waals surface area (Å²) in [4.78, 5) is 20.4. The van der Waals surface area contributed by atoms with Crippen LogP contribution in [0.1, 0.15) is 10.4 Å². The van der Waals surface area contributed by atoms with Crippen molar-refractivity contribution in [3.8, 4) is 5.75 Å². The van der Waals surface area contributed by atoms with Crippen molar-refractivity contribution in [3.63, 3.8) is 0 Å². The number of carbonyl (C=O) groups is 1. The molecule has 0 fully saturated rings. The Morgan fingerprint density at radius 2 is 2.00 bits per heavy atom. The Morgan fingerprint density at radius 1 is 1.36 bits per heavy atom. The van der Waals surface area contributed by atoms with Crippen LogP contribution in [0.15, 0.2) is 29.4 Å². The topological polar surface area (TPSA) is 81.8 Å². The summed E-state index contributed by atoms with van der Waals surface area (Å²) in [6.45, 7) is 0.344. The van der Waals surface area contributed by atoms with Gasteiger partial charge in [0.15, 0.2) is 0 Å². The van der Waals surface area contributed by atoms with E-state index in [1.807, 2.05) is 0 Å². The number of amides is 1. The molecule has 0 radical (unpaired) electrons. The van der Waals surface area contributed by atoms with Crippen molar-refractivity contribution < 1.29 is 9.53 Å². The molecule has 0 atom stereocenters. The number of nitrogens with zero attached hydrogens (tertiary/aromatic N) is 1. The molecule has 0 aliphatic carbocycles. The molecule has 1 aromatic rings. The Bertz CT molecular complexity index is 321. The van der Waals surface area contributed by atoms with Crippen LogP contribution in [-0.2, 0) is 0 Å². The van der Waals surface area contributed by atoms with E-state index in [0.29, 0.717) is 11.3 Å². The summed E-state index contributed by atoms with van der Waals surface area (Å²) in [7, 11) is 0. The Balaban J connectivity index is 2.55. The first-order valence-electron chi connectivity index (χ1n) is 4.06. The number of primary amides is 1. The molecule has 0 aliphatic heterocycles. The van der Waals surface area contributed by atoms with E-state index in [-0.39, 0.29) is 13.2 Å². The first-order valence-corrected chi connectivity index (χ1v) is 4.06. The SMILES string of the molecule is NC(=O)c1ccc(OCCN=O)cc1. The van der Waals surface area contributed by atoms with Gasteiger partial charge in [-0.3, -0.25) is 4.79 Å². The molecule has 1 rings (SSSR count). The third kappa shape index (κ3) is 2.85. The highest BCUT2D eigenvalue weighted by Gasteiger charge is 1.99. The molecule has 0 heterocycles. The molecule has 0 aromatic heterocycles.